The normalized spacial score (nSPS) is 16.0. The Labute approximate surface area is 176 Å². The first kappa shape index (κ1) is 20.2. The van der Waals surface area contributed by atoms with Crippen molar-refractivity contribution in [2.45, 2.75) is 38.3 Å². The Hall–Kier alpha value is -3.06. The van der Waals surface area contributed by atoms with Gasteiger partial charge < -0.3 is 14.4 Å². The van der Waals surface area contributed by atoms with Crippen LogP contribution in [0.2, 0.25) is 0 Å². The van der Waals surface area contributed by atoms with Gasteiger partial charge >= 0.3 is 0 Å². The van der Waals surface area contributed by atoms with Gasteiger partial charge in [0.25, 0.3) is 0 Å². The first-order valence-electron chi connectivity index (χ1n) is 10.3. The lowest BCUT2D eigenvalue weighted by Crippen LogP contribution is -2.37. The van der Waals surface area contributed by atoms with Crippen molar-refractivity contribution in [2.24, 2.45) is 0 Å². The van der Waals surface area contributed by atoms with Crippen LogP contribution in [-0.2, 0) is 22.5 Å². The number of amides is 1. The SMILES string of the molecule is COc1nc2ccccc2nc1CCC(=O)N(Cc1ccccn1)CC1CCCO1. The van der Waals surface area contributed by atoms with Gasteiger partial charge in [0.1, 0.15) is 5.69 Å². The zero-order chi connectivity index (χ0) is 20.8. The summed E-state index contributed by atoms with van der Waals surface area (Å²) in [6.45, 7) is 1.82. The van der Waals surface area contributed by atoms with Crippen molar-refractivity contribution in [3.05, 3.63) is 60.0 Å². The smallest absolute Gasteiger partial charge is 0.235 e. The van der Waals surface area contributed by atoms with Gasteiger partial charge in [-0.3, -0.25) is 9.78 Å². The van der Waals surface area contributed by atoms with Crippen molar-refractivity contribution < 1.29 is 14.3 Å². The first-order valence-corrected chi connectivity index (χ1v) is 10.3. The van der Waals surface area contributed by atoms with Crippen LogP contribution in [0.25, 0.3) is 11.0 Å². The molecular weight excluding hydrogens is 380 g/mol. The molecule has 1 aliphatic heterocycles. The van der Waals surface area contributed by atoms with Crippen LogP contribution in [0.1, 0.15) is 30.7 Å². The van der Waals surface area contributed by atoms with Crippen LogP contribution < -0.4 is 4.74 Å². The van der Waals surface area contributed by atoms with E-state index in [1.54, 1.807) is 13.3 Å². The molecule has 0 aliphatic carbocycles. The molecule has 0 spiro atoms. The summed E-state index contributed by atoms with van der Waals surface area (Å²) in [4.78, 5) is 28.5. The fourth-order valence-electron chi connectivity index (χ4n) is 3.71. The Bertz CT molecular complexity index is 990. The summed E-state index contributed by atoms with van der Waals surface area (Å²) in [5, 5.41) is 0. The zero-order valence-corrected chi connectivity index (χ0v) is 17.2. The number of carbonyl (C=O) groups is 1. The maximum Gasteiger partial charge on any atom is 0.235 e. The molecule has 7 nitrogen and oxygen atoms in total. The second kappa shape index (κ2) is 9.63. The molecule has 30 heavy (non-hydrogen) atoms. The standard InChI is InChI=1S/C23H26N4O3/c1-29-23-21(25-19-9-2-3-10-20(19)26-23)11-12-22(28)27(16-18-8-6-14-30-18)15-17-7-4-5-13-24-17/h2-5,7,9-10,13,18H,6,8,11-12,14-16H2,1H3. The molecule has 3 aromatic rings. The maximum atomic E-state index is 13.1. The number of aromatic nitrogens is 3. The average Bonchev–Trinajstić information content (AvgIpc) is 3.30. The Morgan fingerprint density at radius 1 is 1.17 bits per heavy atom. The van der Waals surface area contributed by atoms with E-state index in [9.17, 15) is 4.79 Å². The molecule has 1 atom stereocenters. The predicted octanol–water partition coefficient (Wildman–Crippen LogP) is 3.17. The third kappa shape index (κ3) is 4.91. The summed E-state index contributed by atoms with van der Waals surface area (Å²) in [5.41, 5.74) is 3.14. The molecule has 0 bridgehead atoms. The predicted molar refractivity (Wildman–Crippen MR) is 113 cm³/mol. The van der Waals surface area contributed by atoms with Crippen molar-refractivity contribution in [2.75, 3.05) is 20.3 Å². The largest absolute Gasteiger partial charge is 0.480 e. The highest BCUT2D eigenvalue weighted by atomic mass is 16.5. The van der Waals surface area contributed by atoms with Gasteiger partial charge in [-0.2, -0.15) is 0 Å². The molecule has 3 heterocycles. The topological polar surface area (TPSA) is 77.4 Å². The molecule has 1 unspecified atom stereocenters. The minimum Gasteiger partial charge on any atom is -0.480 e. The monoisotopic (exact) mass is 406 g/mol. The minimum atomic E-state index is 0.0492. The summed E-state index contributed by atoms with van der Waals surface area (Å²) < 4.78 is 11.2. The highest BCUT2D eigenvalue weighted by Gasteiger charge is 2.23. The lowest BCUT2D eigenvalue weighted by atomic mass is 10.1. The lowest BCUT2D eigenvalue weighted by Gasteiger charge is -2.25. The van der Waals surface area contributed by atoms with E-state index in [1.807, 2.05) is 47.4 Å². The second-order valence-corrected chi connectivity index (χ2v) is 7.40. The summed E-state index contributed by atoms with van der Waals surface area (Å²) in [6.07, 6.45) is 4.65. The number of methoxy groups -OCH3 is 1. The van der Waals surface area contributed by atoms with E-state index >= 15 is 0 Å². The van der Waals surface area contributed by atoms with Gasteiger partial charge in [-0.05, 0) is 37.1 Å². The van der Waals surface area contributed by atoms with Crippen molar-refractivity contribution in [3.63, 3.8) is 0 Å². The molecule has 1 aromatic carbocycles. The summed E-state index contributed by atoms with van der Waals surface area (Å²) in [5.74, 6) is 0.519. The number of nitrogens with zero attached hydrogens (tertiary/aromatic N) is 4. The van der Waals surface area contributed by atoms with Crippen LogP contribution in [0.4, 0.5) is 0 Å². The van der Waals surface area contributed by atoms with Gasteiger partial charge in [-0.1, -0.05) is 18.2 Å². The number of pyridine rings is 1. The van der Waals surface area contributed by atoms with E-state index in [0.29, 0.717) is 37.5 Å². The van der Waals surface area contributed by atoms with E-state index in [1.165, 1.54) is 0 Å². The fourth-order valence-corrected chi connectivity index (χ4v) is 3.71. The average molecular weight is 406 g/mol. The van der Waals surface area contributed by atoms with E-state index in [-0.39, 0.29) is 12.0 Å². The van der Waals surface area contributed by atoms with E-state index < -0.39 is 0 Å². The number of ether oxygens (including phenoxy) is 2. The van der Waals surface area contributed by atoms with E-state index in [0.717, 1.165) is 36.2 Å². The first-order chi connectivity index (χ1) is 14.7. The van der Waals surface area contributed by atoms with Crippen molar-refractivity contribution in [3.8, 4) is 5.88 Å². The van der Waals surface area contributed by atoms with Gasteiger partial charge in [0.05, 0.1) is 36.5 Å². The van der Waals surface area contributed by atoms with Gasteiger partial charge in [0.2, 0.25) is 11.8 Å². The second-order valence-electron chi connectivity index (χ2n) is 7.40. The summed E-state index contributed by atoms with van der Waals surface area (Å²) in [6, 6.07) is 13.4. The molecule has 2 aromatic heterocycles. The minimum absolute atomic E-state index is 0.0492. The van der Waals surface area contributed by atoms with Crippen LogP contribution in [0, 0.1) is 0 Å². The molecule has 0 radical (unpaired) electrons. The molecule has 1 saturated heterocycles. The van der Waals surface area contributed by atoms with Crippen molar-refractivity contribution in [1.29, 1.82) is 0 Å². The van der Waals surface area contributed by atoms with Crippen LogP contribution in [0.3, 0.4) is 0 Å². The van der Waals surface area contributed by atoms with Crippen LogP contribution in [-0.4, -0.2) is 52.1 Å². The highest BCUT2D eigenvalue weighted by molar-refractivity contribution is 5.77. The Morgan fingerprint density at radius 2 is 1.97 bits per heavy atom. The number of fused-ring (bicyclic) bond motifs is 1. The zero-order valence-electron chi connectivity index (χ0n) is 17.2. The number of rotatable bonds is 8. The van der Waals surface area contributed by atoms with Gasteiger partial charge in [-0.15, -0.1) is 0 Å². The Morgan fingerprint density at radius 3 is 2.67 bits per heavy atom. The Kier molecular flexibility index (Phi) is 6.49. The molecule has 156 valence electrons. The maximum absolute atomic E-state index is 13.1. The molecule has 0 saturated carbocycles. The number of benzene rings is 1. The molecule has 4 rings (SSSR count). The number of hydrogen-bond acceptors (Lipinski definition) is 6. The lowest BCUT2D eigenvalue weighted by molar-refractivity contribution is -0.133. The summed E-state index contributed by atoms with van der Waals surface area (Å²) in [7, 11) is 1.58. The van der Waals surface area contributed by atoms with Gasteiger partial charge in [-0.25, -0.2) is 9.97 Å². The number of para-hydroxylation sites is 2. The van der Waals surface area contributed by atoms with Crippen molar-refractivity contribution >= 4 is 16.9 Å². The molecular formula is C23H26N4O3. The van der Waals surface area contributed by atoms with E-state index in [2.05, 4.69) is 15.0 Å². The number of hydrogen-bond donors (Lipinski definition) is 0. The molecule has 1 fully saturated rings. The van der Waals surface area contributed by atoms with E-state index in [4.69, 9.17) is 9.47 Å². The van der Waals surface area contributed by atoms with Crippen LogP contribution in [0.5, 0.6) is 5.88 Å². The summed E-state index contributed by atoms with van der Waals surface area (Å²) >= 11 is 0. The number of aryl methyl sites for hydroxylation is 1. The third-order valence-corrected chi connectivity index (χ3v) is 5.25. The van der Waals surface area contributed by atoms with Gasteiger partial charge in [0.15, 0.2) is 0 Å². The third-order valence-electron chi connectivity index (χ3n) is 5.25. The van der Waals surface area contributed by atoms with Gasteiger partial charge in [0, 0.05) is 32.2 Å². The fraction of sp³-hybridized carbons (Fsp3) is 0.391. The quantitative estimate of drug-likeness (QED) is 0.572. The molecule has 7 heteroatoms. The highest BCUT2D eigenvalue weighted by Crippen LogP contribution is 2.21. The Balaban J connectivity index is 1.48. The van der Waals surface area contributed by atoms with Crippen LogP contribution in [0.15, 0.2) is 48.7 Å². The molecule has 1 amide bonds. The molecule has 1 aliphatic rings. The number of carbonyl (C=O) groups excluding carboxylic acids is 1. The molecule has 0 N–H and O–H groups in total. The van der Waals surface area contributed by atoms with Crippen LogP contribution >= 0.6 is 0 Å². The van der Waals surface area contributed by atoms with Crippen molar-refractivity contribution in [1.82, 2.24) is 19.9 Å².